The van der Waals surface area contributed by atoms with Crippen molar-refractivity contribution < 1.29 is 17.6 Å². The van der Waals surface area contributed by atoms with Gasteiger partial charge in [-0.05, 0) is 47.9 Å². The molecule has 3 atom stereocenters. The molecule has 2 fully saturated rings. The van der Waals surface area contributed by atoms with Crippen molar-refractivity contribution in [2.75, 3.05) is 6.54 Å². The largest absolute Gasteiger partial charge is 0.334 e. The molecule has 3 unspecified atom stereocenters. The number of piperidine rings is 1. The third kappa shape index (κ3) is 3.85. The van der Waals surface area contributed by atoms with Crippen LogP contribution in [0.25, 0.3) is 0 Å². The lowest BCUT2D eigenvalue weighted by molar-refractivity contribution is 0.170. The zero-order valence-corrected chi connectivity index (χ0v) is 16.1. The van der Waals surface area contributed by atoms with Crippen LogP contribution in [0.4, 0.5) is 9.18 Å². The Kier molecular flexibility index (Phi) is 4.92. The van der Waals surface area contributed by atoms with Gasteiger partial charge in [0.25, 0.3) is 0 Å². The van der Waals surface area contributed by atoms with E-state index in [9.17, 15) is 17.6 Å². The second-order valence-electron chi connectivity index (χ2n) is 7.01. The highest BCUT2D eigenvalue weighted by Crippen LogP contribution is 2.38. The number of amides is 2. The van der Waals surface area contributed by atoms with Gasteiger partial charge in [-0.1, -0.05) is 18.2 Å². The second-order valence-corrected chi connectivity index (χ2v) is 9.89. The van der Waals surface area contributed by atoms with Crippen molar-refractivity contribution in [2.24, 2.45) is 5.92 Å². The summed E-state index contributed by atoms with van der Waals surface area (Å²) in [4.78, 5) is 14.3. The Morgan fingerprint density at radius 2 is 2.11 bits per heavy atom. The summed E-state index contributed by atoms with van der Waals surface area (Å²) in [5.74, 6) is -0.0454. The number of sulfonamides is 1. The van der Waals surface area contributed by atoms with Gasteiger partial charge in [-0.3, -0.25) is 0 Å². The molecular weight excluding hydrogens is 389 g/mol. The number of hydrogen-bond donors (Lipinski definition) is 2. The number of thiophene rings is 1. The Hall–Kier alpha value is -1.97. The second kappa shape index (κ2) is 7.21. The molecule has 2 aliphatic rings. The van der Waals surface area contributed by atoms with Gasteiger partial charge >= 0.3 is 6.03 Å². The first kappa shape index (κ1) is 18.4. The number of urea groups is 1. The molecule has 2 aromatic rings. The fourth-order valence-electron chi connectivity index (χ4n) is 3.99. The number of hydrogen-bond acceptors (Lipinski definition) is 4. The maximum atomic E-state index is 13.3. The molecule has 2 N–H and O–H groups in total. The predicted octanol–water partition coefficient (Wildman–Crippen LogP) is 2.54. The summed E-state index contributed by atoms with van der Waals surface area (Å²) in [5, 5.41) is 4.53. The molecule has 1 saturated heterocycles. The van der Waals surface area contributed by atoms with Crippen molar-refractivity contribution in [3.63, 3.8) is 0 Å². The molecule has 0 radical (unpaired) electrons. The van der Waals surface area contributed by atoms with Crippen LogP contribution in [-0.2, 0) is 16.6 Å². The first-order valence-electron chi connectivity index (χ1n) is 8.77. The van der Waals surface area contributed by atoms with E-state index in [0.29, 0.717) is 18.0 Å². The number of halogens is 1. The monoisotopic (exact) mass is 409 g/mol. The summed E-state index contributed by atoms with van der Waals surface area (Å²) < 4.78 is 41.3. The van der Waals surface area contributed by atoms with Crippen molar-refractivity contribution in [3.8, 4) is 0 Å². The standard InChI is InChI=1S/C18H20FN3O3S2/c19-14-4-1-3-12(7-14)10-20-18(23)22-11-13-8-15(16(22)9-13)21-27(24,25)17-5-2-6-26-17/h1-7,13,15-16,21H,8-11H2,(H,20,23). The highest BCUT2D eigenvalue weighted by molar-refractivity contribution is 7.91. The van der Waals surface area contributed by atoms with Crippen LogP contribution < -0.4 is 10.0 Å². The quantitative estimate of drug-likeness (QED) is 0.797. The topological polar surface area (TPSA) is 78.5 Å². The average Bonchev–Trinajstić information content (AvgIpc) is 3.36. The van der Waals surface area contributed by atoms with Crippen molar-refractivity contribution in [2.45, 2.75) is 35.7 Å². The van der Waals surface area contributed by atoms with E-state index in [2.05, 4.69) is 10.0 Å². The van der Waals surface area contributed by atoms with E-state index in [1.165, 1.54) is 23.5 Å². The summed E-state index contributed by atoms with van der Waals surface area (Å²) in [6.07, 6.45) is 1.54. The number of rotatable bonds is 5. The van der Waals surface area contributed by atoms with Gasteiger partial charge in [-0.25, -0.2) is 22.3 Å². The zero-order chi connectivity index (χ0) is 19.0. The van der Waals surface area contributed by atoms with Gasteiger partial charge in [0.15, 0.2) is 0 Å². The van der Waals surface area contributed by atoms with E-state index < -0.39 is 10.0 Å². The van der Waals surface area contributed by atoms with E-state index in [0.717, 1.165) is 12.8 Å². The van der Waals surface area contributed by atoms with Gasteiger partial charge in [0.2, 0.25) is 10.0 Å². The van der Waals surface area contributed by atoms with E-state index in [1.807, 2.05) is 0 Å². The van der Waals surface area contributed by atoms with Crippen molar-refractivity contribution >= 4 is 27.4 Å². The molecule has 1 aromatic heterocycles. The maximum Gasteiger partial charge on any atom is 0.317 e. The Labute approximate surface area is 161 Å². The molecule has 144 valence electrons. The number of likely N-dealkylation sites (tertiary alicyclic amines) is 1. The highest BCUT2D eigenvalue weighted by Gasteiger charge is 2.48. The highest BCUT2D eigenvalue weighted by atomic mass is 32.2. The van der Waals surface area contributed by atoms with Crippen LogP contribution in [0.1, 0.15) is 18.4 Å². The fraction of sp³-hybridized carbons (Fsp3) is 0.389. The molecule has 27 heavy (non-hydrogen) atoms. The summed E-state index contributed by atoms with van der Waals surface area (Å²) in [6.45, 7) is 0.854. The smallest absolute Gasteiger partial charge is 0.317 e. The van der Waals surface area contributed by atoms with Gasteiger partial charge in [-0.2, -0.15) is 0 Å². The maximum absolute atomic E-state index is 13.3. The Balaban J connectivity index is 1.39. The first-order valence-corrected chi connectivity index (χ1v) is 11.1. The Morgan fingerprint density at radius 1 is 1.26 bits per heavy atom. The summed E-state index contributed by atoms with van der Waals surface area (Å²) in [7, 11) is -3.56. The van der Waals surface area contributed by atoms with Crippen LogP contribution in [-0.4, -0.2) is 38.0 Å². The minimum absolute atomic E-state index is 0.155. The van der Waals surface area contributed by atoms with Gasteiger partial charge in [0.1, 0.15) is 10.0 Å². The minimum Gasteiger partial charge on any atom is -0.334 e. The third-order valence-corrected chi connectivity index (χ3v) is 8.03. The number of nitrogens with one attached hydrogen (secondary N) is 2. The molecule has 2 bridgehead atoms. The number of fused-ring (bicyclic) bond motifs is 2. The molecular formula is C18H20FN3O3S2. The Bertz CT molecular complexity index is 933. The summed E-state index contributed by atoms with van der Waals surface area (Å²) >= 11 is 1.17. The van der Waals surface area contributed by atoms with E-state index in [1.54, 1.807) is 34.5 Å². The molecule has 2 amide bonds. The average molecular weight is 410 g/mol. The van der Waals surface area contributed by atoms with Crippen molar-refractivity contribution in [1.29, 1.82) is 0 Å². The van der Waals surface area contributed by atoms with E-state index >= 15 is 0 Å². The van der Waals surface area contributed by atoms with Gasteiger partial charge in [0.05, 0.1) is 6.04 Å². The lowest BCUT2D eigenvalue weighted by atomic mass is 10.1. The van der Waals surface area contributed by atoms with E-state index in [4.69, 9.17) is 0 Å². The summed E-state index contributed by atoms with van der Waals surface area (Å²) in [6, 6.07) is 8.68. The first-order chi connectivity index (χ1) is 12.9. The molecule has 2 heterocycles. The SMILES string of the molecule is O=C(NCc1cccc(F)c1)N1CC2CC(NS(=O)(=O)c3cccs3)C1C2. The van der Waals surface area contributed by atoms with Crippen LogP contribution in [0.2, 0.25) is 0 Å². The number of benzene rings is 1. The molecule has 4 rings (SSSR count). The lowest BCUT2D eigenvalue weighted by Crippen LogP contribution is -2.54. The molecule has 1 aliphatic heterocycles. The molecule has 1 saturated carbocycles. The van der Waals surface area contributed by atoms with Crippen molar-refractivity contribution in [3.05, 3.63) is 53.2 Å². The van der Waals surface area contributed by atoms with Crippen molar-refractivity contribution in [1.82, 2.24) is 14.9 Å². The van der Waals surface area contributed by atoms with Gasteiger partial charge in [0, 0.05) is 19.1 Å². The number of carbonyl (C=O) groups excluding carboxylic acids is 1. The van der Waals surface area contributed by atoms with E-state index in [-0.39, 0.29) is 34.7 Å². The molecule has 1 aliphatic carbocycles. The molecule has 9 heteroatoms. The minimum atomic E-state index is -3.56. The fourth-order valence-corrected chi connectivity index (χ4v) is 6.28. The van der Waals surface area contributed by atoms with Crippen LogP contribution in [0, 0.1) is 11.7 Å². The Morgan fingerprint density at radius 3 is 2.81 bits per heavy atom. The normalized spacial score (nSPS) is 24.3. The number of nitrogens with zero attached hydrogens (tertiary/aromatic N) is 1. The summed E-state index contributed by atoms with van der Waals surface area (Å²) in [5.41, 5.74) is 0.683. The lowest BCUT2D eigenvalue weighted by Gasteiger charge is -2.33. The number of carbonyl (C=O) groups is 1. The molecule has 0 spiro atoms. The van der Waals surface area contributed by atoms with Crippen LogP contribution in [0.5, 0.6) is 0 Å². The van der Waals surface area contributed by atoms with Crippen LogP contribution in [0.3, 0.4) is 0 Å². The van der Waals surface area contributed by atoms with Gasteiger partial charge < -0.3 is 10.2 Å². The van der Waals surface area contributed by atoms with Crippen LogP contribution in [0.15, 0.2) is 46.0 Å². The predicted molar refractivity (Wildman–Crippen MR) is 100 cm³/mol. The van der Waals surface area contributed by atoms with Gasteiger partial charge in [-0.15, -0.1) is 11.3 Å². The zero-order valence-electron chi connectivity index (χ0n) is 14.5. The van der Waals surface area contributed by atoms with Crippen LogP contribution >= 0.6 is 11.3 Å². The molecule has 1 aromatic carbocycles. The molecule has 6 nitrogen and oxygen atoms in total. The third-order valence-electron chi connectivity index (χ3n) is 5.14.